The first-order chi connectivity index (χ1) is 11.1. The van der Waals surface area contributed by atoms with Gasteiger partial charge in [0, 0.05) is 17.2 Å². The fourth-order valence-corrected chi connectivity index (χ4v) is 2.06. The molecule has 116 valence electrons. The molecule has 0 bridgehead atoms. The molecule has 0 saturated heterocycles. The number of rotatable bonds is 4. The van der Waals surface area contributed by atoms with E-state index in [0.29, 0.717) is 16.9 Å². The third-order valence-electron chi connectivity index (χ3n) is 3.24. The van der Waals surface area contributed by atoms with Gasteiger partial charge >= 0.3 is 0 Å². The lowest BCUT2D eigenvalue weighted by molar-refractivity contribution is 0.100. The standard InChI is InChI=1S/C16H12FN3O3/c1-22-11-5-6-12(13(17)8-11)16-19-15(20-23-16)10-4-2-3-9(7-10)14(18)21/h2-8H,1H3,(H2,18,21). The second-order valence-electron chi connectivity index (χ2n) is 4.71. The minimum atomic E-state index is -0.559. The predicted molar refractivity (Wildman–Crippen MR) is 80.2 cm³/mol. The van der Waals surface area contributed by atoms with Crippen LogP contribution in [-0.2, 0) is 0 Å². The van der Waals surface area contributed by atoms with E-state index in [1.165, 1.54) is 19.2 Å². The van der Waals surface area contributed by atoms with Gasteiger partial charge in [-0.1, -0.05) is 17.3 Å². The number of nitrogens with two attached hydrogens (primary N) is 1. The molecule has 0 radical (unpaired) electrons. The number of methoxy groups -OCH3 is 1. The Morgan fingerprint density at radius 3 is 2.78 bits per heavy atom. The molecule has 1 heterocycles. The molecule has 0 saturated carbocycles. The summed E-state index contributed by atoms with van der Waals surface area (Å²) in [6, 6.07) is 10.8. The van der Waals surface area contributed by atoms with Gasteiger partial charge in [0.15, 0.2) is 0 Å². The van der Waals surface area contributed by atoms with Crippen molar-refractivity contribution in [3.63, 3.8) is 0 Å². The molecule has 0 spiro atoms. The van der Waals surface area contributed by atoms with Crippen LogP contribution in [0.15, 0.2) is 47.0 Å². The zero-order chi connectivity index (χ0) is 16.4. The van der Waals surface area contributed by atoms with Gasteiger partial charge < -0.3 is 15.0 Å². The van der Waals surface area contributed by atoms with E-state index in [2.05, 4.69) is 10.1 Å². The molecule has 0 fully saturated rings. The van der Waals surface area contributed by atoms with Crippen LogP contribution < -0.4 is 10.5 Å². The summed E-state index contributed by atoms with van der Waals surface area (Å²) < 4.78 is 24.1. The Bertz CT molecular complexity index is 877. The smallest absolute Gasteiger partial charge is 0.261 e. The number of carbonyl (C=O) groups excluding carboxylic acids is 1. The molecule has 7 heteroatoms. The molecule has 3 rings (SSSR count). The molecule has 2 N–H and O–H groups in total. The van der Waals surface area contributed by atoms with E-state index in [-0.39, 0.29) is 17.3 Å². The Labute approximate surface area is 130 Å². The van der Waals surface area contributed by atoms with E-state index in [9.17, 15) is 9.18 Å². The summed E-state index contributed by atoms with van der Waals surface area (Å²) in [5, 5.41) is 3.81. The van der Waals surface area contributed by atoms with Gasteiger partial charge in [-0.3, -0.25) is 4.79 Å². The molecule has 0 aliphatic heterocycles. The van der Waals surface area contributed by atoms with Gasteiger partial charge in [0.05, 0.1) is 12.7 Å². The Morgan fingerprint density at radius 2 is 2.09 bits per heavy atom. The lowest BCUT2D eigenvalue weighted by atomic mass is 10.1. The van der Waals surface area contributed by atoms with Crippen LogP contribution in [0.25, 0.3) is 22.8 Å². The lowest BCUT2D eigenvalue weighted by Crippen LogP contribution is -2.10. The molecule has 0 aliphatic rings. The molecule has 0 aliphatic carbocycles. The van der Waals surface area contributed by atoms with Crippen molar-refractivity contribution in [2.24, 2.45) is 5.73 Å². The van der Waals surface area contributed by atoms with Crippen molar-refractivity contribution in [1.29, 1.82) is 0 Å². The second kappa shape index (κ2) is 5.88. The SMILES string of the molecule is COc1ccc(-c2nc(-c3cccc(C(N)=O)c3)no2)c(F)c1. The average Bonchev–Trinajstić information content (AvgIpc) is 3.04. The number of hydrogen-bond acceptors (Lipinski definition) is 5. The zero-order valence-corrected chi connectivity index (χ0v) is 12.1. The van der Waals surface area contributed by atoms with Gasteiger partial charge in [-0.05, 0) is 24.3 Å². The molecule has 3 aromatic rings. The quantitative estimate of drug-likeness (QED) is 0.799. The molecular weight excluding hydrogens is 301 g/mol. The summed E-state index contributed by atoms with van der Waals surface area (Å²) >= 11 is 0. The normalized spacial score (nSPS) is 10.5. The molecular formula is C16H12FN3O3. The summed E-state index contributed by atoms with van der Waals surface area (Å²) in [5.41, 5.74) is 6.27. The van der Waals surface area contributed by atoms with Crippen LogP contribution in [0.5, 0.6) is 5.75 Å². The molecule has 0 unspecified atom stereocenters. The van der Waals surface area contributed by atoms with Gasteiger partial charge in [0.1, 0.15) is 11.6 Å². The average molecular weight is 313 g/mol. The van der Waals surface area contributed by atoms with Crippen molar-refractivity contribution < 1.29 is 18.4 Å². The van der Waals surface area contributed by atoms with Gasteiger partial charge in [0.25, 0.3) is 5.89 Å². The van der Waals surface area contributed by atoms with Crippen LogP contribution in [0.1, 0.15) is 10.4 Å². The number of aromatic nitrogens is 2. The third-order valence-corrected chi connectivity index (χ3v) is 3.24. The van der Waals surface area contributed by atoms with Gasteiger partial charge in [0.2, 0.25) is 11.7 Å². The third kappa shape index (κ3) is 2.89. The number of benzene rings is 2. The highest BCUT2D eigenvalue weighted by molar-refractivity contribution is 5.93. The summed E-state index contributed by atoms with van der Waals surface area (Å²) in [6.07, 6.45) is 0. The Hall–Kier alpha value is -3.22. The van der Waals surface area contributed by atoms with Gasteiger partial charge in [-0.2, -0.15) is 4.98 Å². The van der Waals surface area contributed by atoms with E-state index in [0.717, 1.165) is 0 Å². The zero-order valence-electron chi connectivity index (χ0n) is 12.1. The fourth-order valence-electron chi connectivity index (χ4n) is 2.06. The van der Waals surface area contributed by atoms with Crippen LogP contribution in [0.3, 0.4) is 0 Å². The number of nitrogens with zero attached hydrogens (tertiary/aromatic N) is 2. The summed E-state index contributed by atoms with van der Waals surface area (Å²) in [7, 11) is 1.45. The Morgan fingerprint density at radius 1 is 1.26 bits per heavy atom. The molecule has 2 aromatic carbocycles. The first-order valence-electron chi connectivity index (χ1n) is 6.66. The number of halogens is 1. The highest BCUT2D eigenvalue weighted by Gasteiger charge is 2.15. The van der Waals surface area contributed by atoms with Crippen molar-refractivity contribution in [2.75, 3.05) is 7.11 Å². The van der Waals surface area contributed by atoms with Gasteiger partial charge in [-0.15, -0.1) is 0 Å². The Balaban J connectivity index is 1.97. The molecule has 0 atom stereocenters. The number of ether oxygens (including phenoxy) is 1. The van der Waals surface area contributed by atoms with Crippen molar-refractivity contribution in [3.8, 4) is 28.6 Å². The van der Waals surface area contributed by atoms with Gasteiger partial charge in [-0.25, -0.2) is 4.39 Å². The second-order valence-corrected chi connectivity index (χ2v) is 4.71. The monoisotopic (exact) mass is 313 g/mol. The maximum absolute atomic E-state index is 14.0. The topological polar surface area (TPSA) is 91.2 Å². The van der Waals surface area contributed by atoms with Crippen molar-refractivity contribution in [3.05, 3.63) is 53.8 Å². The summed E-state index contributed by atoms with van der Waals surface area (Å²) in [5.74, 6) is -0.440. The number of carbonyl (C=O) groups is 1. The molecule has 6 nitrogen and oxygen atoms in total. The first-order valence-corrected chi connectivity index (χ1v) is 6.66. The maximum Gasteiger partial charge on any atom is 0.261 e. The van der Waals surface area contributed by atoms with E-state index >= 15 is 0 Å². The molecule has 23 heavy (non-hydrogen) atoms. The highest BCUT2D eigenvalue weighted by atomic mass is 19.1. The molecule has 1 amide bonds. The van der Waals surface area contributed by atoms with Crippen molar-refractivity contribution in [1.82, 2.24) is 10.1 Å². The van der Waals surface area contributed by atoms with Crippen molar-refractivity contribution in [2.45, 2.75) is 0 Å². The molecule has 1 aromatic heterocycles. The highest BCUT2D eigenvalue weighted by Crippen LogP contribution is 2.27. The lowest BCUT2D eigenvalue weighted by Gasteiger charge is -2.01. The van der Waals surface area contributed by atoms with Crippen LogP contribution in [0.4, 0.5) is 4.39 Å². The van der Waals surface area contributed by atoms with Crippen LogP contribution in [-0.4, -0.2) is 23.2 Å². The minimum Gasteiger partial charge on any atom is -0.497 e. The number of hydrogen-bond donors (Lipinski definition) is 1. The number of primary amides is 1. The minimum absolute atomic E-state index is 0.0321. The summed E-state index contributed by atoms with van der Waals surface area (Å²) in [6.45, 7) is 0. The Kier molecular flexibility index (Phi) is 3.76. The van der Waals surface area contributed by atoms with Crippen LogP contribution in [0, 0.1) is 5.82 Å². The fraction of sp³-hybridized carbons (Fsp3) is 0.0625. The van der Waals surface area contributed by atoms with E-state index in [1.54, 1.807) is 30.3 Å². The first kappa shape index (κ1) is 14.7. The predicted octanol–water partition coefficient (Wildman–Crippen LogP) is 2.65. The van der Waals surface area contributed by atoms with E-state index < -0.39 is 11.7 Å². The van der Waals surface area contributed by atoms with E-state index in [4.69, 9.17) is 15.0 Å². The van der Waals surface area contributed by atoms with Crippen LogP contribution in [0.2, 0.25) is 0 Å². The largest absolute Gasteiger partial charge is 0.497 e. The van der Waals surface area contributed by atoms with Crippen LogP contribution >= 0.6 is 0 Å². The number of amides is 1. The maximum atomic E-state index is 14.0. The summed E-state index contributed by atoms with van der Waals surface area (Å²) in [4.78, 5) is 15.4. The van der Waals surface area contributed by atoms with Crippen molar-refractivity contribution >= 4 is 5.91 Å². The van der Waals surface area contributed by atoms with E-state index in [1.807, 2.05) is 0 Å².